The molecule has 0 aromatic heterocycles. The third kappa shape index (κ3) is 80.1. The first-order valence-corrected chi connectivity index (χ1v) is 48.0. The highest BCUT2D eigenvalue weighted by molar-refractivity contribution is 7.47. The number of aliphatic hydroxyl groups excluding tert-OH is 1. The molecule has 630 valence electrons. The van der Waals surface area contributed by atoms with Gasteiger partial charge in [0.2, 0.25) is 0 Å². The third-order valence-electron chi connectivity index (χ3n) is 20.5. The quantitative estimate of drug-likeness (QED) is 0.0222. The van der Waals surface area contributed by atoms with E-state index in [-0.39, 0.29) is 25.7 Å². The number of carbonyl (C=O) groups excluding carboxylic acids is 4. The second-order valence-corrected chi connectivity index (χ2v) is 35.1. The fourth-order valence-electron chi connectivity index (χ4n) is 13.6. The molecule has 0 aliphatic carbocycles. The van der Waals surface area contributed by atoms with Crippen molar-refractivity contribution in [2.24, 2.45) is 11.8 Å². The van der Waals surface area contributed by atoms with Crippen molar-refractivity contribution in [1.82, 2.24) is 0 Å². The Morgan fingerprint density at radius 3 is 0.642 bits per heavy atom. The van der Waals surface area contributed by atoms with Gasteiger partial charge >= 0.3 is 39.5 Å². The van der Waals surface area contributed by atoms with Gasteiger partial charge in [0.15, 0.2) is 12.2 Å². The normalized spacial score (nSPS) is 13.8. The summed E-state index contributed by atoms with van der Waals surface area (Å²) in [6, 6.07) is 0. The van der Waals surface area contributed by atoms with E-state index in [1.54, 1.807) is 0 Å². The summed E-state index contributed by atoms with van der Waals surface area (Å²) in [6.45, 7) is 9.74. The van der Waals surface area contributed by atoms with Crippen molar-refractivity contribution in [3.63, 3.8) is 0 Å². The number of carbonyl (C=O) groups is 4. The average molecular weight is 1550 g/mol. The van der Waals surface area contributed by atoms with Gasteiger partial charge in [-0.05, 0) is 37.5 Å². The Morgan fingerprint density at radius 2 is 0.434 bits per heavy atom. The lowest BCUT2D eigenvalue weighted by Crippen LogP contribution is -2.30. The van der Waals surface area contributed by atoms with Crippen LogP contribution in [0.1, 0.15) is 465 Å². The standard InChI is InChI=1S/C87H170O17P2/c1-7-9-11-13-15-17-19-20-21-22-23-31-36-41-47-53-59-65-71-86(91)103-82(75-97-84(89)69-63-57-51-45-18-16-14-12-10-8-2)77-101-105(93,94)99-73-81(88)74-100-106(95,96)102-78-83(104-87(92)72-66-60-54-48-42-37-32-27-25-29-34-39-44-50-56-62-68-80(5)6)76-98-85(90)70-64-58-52-46-40-35-30-26-24-28-33-38-43-49-55-61-67-79(3)4/h79-83,88H,7-78H2,1-6H3,(H,93,94)(H,95,96)/t81-,82+,83+/m0/s1. The van der Waals surface area contributed by atoms with Crippen molar-refractivity contribution in [1.29, 1.82) is 0 Å². The Bertz CT molecular complexity index is 2030. The molecule has 0 rings (SSSR count). The van der Waals surface area contributed by atoms with Crippen LogP contribution in [0.5, 0.6) is 0 Å². The van der Waals surface area contributed by atoms with Crippen molar-refractivity contribution in [2.45, 2.75) is 484 Å². The van der Waals surface area contributed by atoms with Crippen molar-refractivity contribution in [3.8, 4) is 0 Å². The summed E-state index contributed by atoms with van der Waals surface area (Å²) in [5.41, 5.74) is 0. The molecule has 2 unspecified atom stereocenters. The molecule has 17 nitrogen and oxygen atoms in total. The van der Waals surface area contributed by atoms with E-state index >= 15 is 0 Å². The molecule has 0 bridgehead atoms. The molecular weight excluding hydrogens is 1380 g/mol. The van der Waals surface area contributed by atoms with Crippen molar-refractivity contribution < 1.29 is 80.2 Å². The molecule has 0 aliphatic heterocycles. The predicted octanol–water partition coefficient (Wildman–Crippen LogP) is 26.6. The van der Waals surface area contributed by atoms with Crippen LogP contribution in [-0.4, -0.2) is 96.7 Å². The van der Waals surface area contributed by atoms with Gasteiger partial charge in [-0.3, -0.25) is 37.3 Å². The summed E-state index contributed by atoms with van der Waals surface area (Å²) < 4.78 is 68.9. The molecule has 0 spiro atoms. The van der Waals surface area contributed by atoms with Crippen LogP contribution >= 0.6 is 15.6 Å². The zero-order valence-electron chi connectivity index (χ0n) is 69.7. The summed E-state index contributed by atoms with van der Waals surface area (Å²) in [5, 5.41) is 10.7. The summed E-state index contributed by atoms with van der Waals surface area (Å²) >= 11 is 0. The SMILES string of the molecule is CCCCCCCCCCCCCCCCCCCCC(=O)O[C@H](COC(=O)CCCCCCCCCCCC)COP(=O)(O)OC[C@H](O)COP(=O)(O)OC[C@@H](COC(=O)CCCCCCCCCCCCCCCCCCC(C)C)OC(=O)CCCCCCCCCCCCCCCCCCC(C)C. The van der Waals surface area contributed by atoms with E-state index in [0.29, 0.717) is 25.7 Å². The molecular formula is C87H170O17P2. The first kappa shape index (κ1) is 104. The molecule has 19 heteroatoms. The van der Waals surface area contributed by atoms with Crippen molar-refractivity contribution in [3.05, 3.63) is 0 Å². The second-order valence-electron chi connectivity index (χ2n) is 32.2. The minimum atomic E-state index is -4.97. The maximum absolute atomic E-state index is 13.2. The molecule has 0 aromatic carbocycles. The number of phosphoric ester groups is 2. The molecule has 0 amide bonds. The molecule has 0 fully saturated rings. The number of aliphatic hydroxyl groups is 1. The largest absolute Gasteiger partial charge is 0.472 e. The van der Waals surface area contributed by atoms with E-state index in [9.17, 15) is 43.2 Å². The Balaban J connectivity index is 5.23. The lowest BCUT2D eigenvalue weighted by molar-refractivity contribution is -0.161. The maximum atomic E-state index is 13.2. The van der Waals surface area contributed by atoms with Gasteiger partial charge in [0.25, 0.3) is 0 Å². The highest BCUT2D eigenvalue weighted by atomic mass is 31.2. The molecule has 0 heterocycles. The summed E-state index contributed by atoms with van der Waals surface area (Å²) in [5.74, 6) is -0.478. The molecule has 0 radical (unpaired) electrons. The molecule has 0 saturated carbocycles. The van der Waals surface area contributed by atoms with Crippen molar-refractivity contribution in [2.75, 3.05) is 39.6 Å². The van der Waals surface area contributed by atoms with Gasteiger partial charge in [-0.1, -0.05) is 414 Å². The molecule has 3 N–H and O–H groups in total. The Morgan fingerprint density at radius 1 is 0.255 bits per heavy atom. The fraction of sp³-hybridized carbons (Fsp3) is 0.954. The Labute approximate surface area is 651 Å². The highest BCUT2D eigenvalue weighted by Gasteiger charge is 2.30. The Hall–Kier alpha value is -1.94. The Kier molecular flexibility index (Phi) is 76.9. The number of unbranched alkanes of at least 4 members (excludes halogenated alkanes) is 56. The van der Waals surface area contributed by atoms with Crippen molar-refractivity contribution >= 4 is 39.5 Å². The molecule has 0 aliphatic rings. The van der Waals surface area contributed by atoms with Crippen LogP contribution in [0.3, 0.4) is 0 Å². The fourth-order valence-corrected chi connectivity index (χ4v) is 15.2. The summed E-state index contributed by atoms with van der Waals surface area (Å²) in [7, 11) is -9.93. The van der Waals surface area contributed by atoms with Gasteiger partial charge in [-0.15, -0.1) is 0 Å². The summed E-state index contributed by atoms with van der Waals surface area (Å²) in [6.07, 6.45) is 70.8. The first-order chi connectivity index (χ1) is 51.4. The van der Waals surface area contributed by atoms with Crippen LogP contribution in [0.25, 0.3) is 0 Å². The van der Waals surface area contributed by atoms with E-state index in [0.717, 1.165) is 102 Å². The van der Waals surface area contributed by atoms with Gasteiger partial charge in [0.1, 0.15) is 19.3 Å². The van der Waals surface area contributed by atoms with E-state index in [4.69, 9.17) is 37.0 Å². The van der Waals surface area contributed by atoms with Gasteiger partial charge < -0.3 is 33.8 Å². The number of hydrogen-bond donors (Lipinski definition) is 3. The van der Waals surface area contributed by atoms with Crippen LogP contribution in [0.2, 0.25) is 0 Å². The minimum Gasteiger partial charge on any atom is -0.462 e. The number of ether oxygens (including phenoxy) is 4. The zero-order valence-corrected chi connectivity index (χ0v) is 71.5. The molecule has 5 atom stereocenters. The van der Waals surface area contributed by atoms with E-state index in [1.807, 2.05) is 0 Å². The van der Waals surface area contributed by atoms with Crippen LogP contribution < -0.4 is 0 Å². The van der Waals surface area contributed by atoms with E-state index in [1.165, 1.54) is 283 Å². The molecule has 106 heavy (non-hydrogen) atoms. The minimum absolute atomic E-state index is 0.109. The first-order valence-electron chi connectivity index (χ1n) is 45.0. The monoisotopic (exact) mass is 1550 g/mol. The van der Waals surface area contributed by atoms with E-state index < -0.39 is 97.5 Å². The predicted molar refractivity (Wildman–Crippen MR) is 437 cm³/mol. The van der Waals surface area contributed by atoms with Gasteiger partial charge in [0, 0.05) is 25.7 Å². The van der Waals surface area contributed by atoms with Crippen LogP contribution in [0.4, 0.5) is 0 Å². The number of hydrogen-bond acceptors (Lipinski definition) is 15. The number of phosphoric acid groups is 2. The molecule has 0 saturated heterocycles. The second kappa shape index (κ2) is 78.3. The van der Waals surface area contributed by atoms with Crippen LogP contribution in [-0.2, 0) is 65.4 Å². The lowest BCUT2D eigenvalue weighted by Gasteiger charge is -2.21. The van der Waals surface area contributed by atoms with Crippen LogP contribution in [0, 0.1) is 11.8 Å². The van der Waals surface area contributed by atoms with E-state index in [2.05, 4.69) is 41.5 Å². The number of esters is 4. The van der Waals surface area contributed by atoms with Gasteiger partial charge in [-0.25, -0.2) is 9.13 Å². The smallest absolute Gasteiger partial charge is 0.462 e. The maximum Gasteiger partial charge on any atom is 0.472 e. The van der Waals surface area contributed by atoms with Gasteiger partial charge in [-0.2, -0.15) is 0 Å². The number of rotatable bonds is 86. The summed E-state index contributed by atoms with van der Waals surface area (Å²) in [4.78, 5) is 73.2. The lowest BCUT2D eigenvalue weighted by atomic mass is 10.0. The highest BCUT2D eigenvalue weighted by Crippen LogP contribution is 2.45. The van der Waals surface area contributed by atoms with Crippen LogP contribution in [0.15, 0.2) is 0 Å². The zero-order chi connectivity index (χ0) is 77.8. The topological polar surface area (TPSA) is 237 Å². The average Bonchev–Trinajstić information content (AvgIpc) is 0.901. The third-order valence-corrected chi connectivity index (χ3v) is 22.4. The van der Waals surface area contributed by atoms with Gasteiger partial charge in [0.05, 0.1) is 26.4 Å². The molecule has 0 aromatic rings.